The fourth-order valence-electron chi connectivity index (χ4n) is 2.32. The molecule has 4 heteroatoms. The van der Waals surface area contributed by atoms with Crippen molar-refractivity contribution in [1.29, 1.82) is 0 Å². The van der Waals surface area contributed by atoms with E-state index in [0.29, 0.717) is 18.7 Å². The SMILES string of the molecule is O=C(c1ccccc1Br)N1CCCOc2ccccc21. The van der Waals surface area contributed by atoms with Gasteiger partial charge in [-0.05, 0) is 46.6 Å². The van der Waals surface area contributed by atoms with Gasteiger partial charge in [0.1, 0.15) is 5.75 Å². The highest BCUT2D eigenvalue weighted by molar-refractivity contribution is 9.10. The minimum atomic E-state index is -0.00424. The topological polar surface area (TPSA) is 29.5 Å². The average molecular weight is 332 g/mol. The lowest BCUT2D eigenvalue weighted by atomic mass is 10.1. The van der Waals surface area contributed by atoms with Crippen molar-refractivity contribution in [2.45, 2.75) is 6.42 Å². The quantitative estimate of drug-likeness (QED) is 0.793. The second-order valence-corrected chi connectivity index (χ2v) is 5.46. The molecular weight excluding hydrogens is 318 g/mol. The fraction of sp³-hybridized carbons (Fsp3) is 0.188. The van der Waals surface area contributed by atoms with Crippen LogP contribution in [-0.2, 0) is 0 Å². The first kappa shape index (κ1) is 13.2. The number of hydrogen-bond donors (Lipinski definition) is 0. The van der Waals surface area contributed by atoms with E-state index in [-0.39, 0.29) is 5.91 Å². The minimum Gasteiger partial charge on any atom is -0.491 e. The van der Waals surface area contributed by atoms with Gasteiger partial charge in [-0.25, -0.2) is 0 Å². The van der Waals surface area contributed by atoms with Crippen LogP contribution >= 0.6 is 15.9 Å². The Morgan fingerprint density at radius 3 is 2.70 bits per heavy atom. The molecule has 1 aliphatic rings. The number of benzene rings is 2. The first-order valence-electron chi connectivity index (χ1n) is 6.55. The summed E-state index contributed by atoms with van der Waals surface area (Å²) in [6.45, 7) is 1.30. The molecule has 0 fully saturated rings. The van der Waals surface area contributed by atoms with Gasteiger partial charge in [-0.3, -0.25) is 4.79 Å². The summed E-state index contributed by atoms with van der Waals surface area (Å²) in [6.07, 6.45) is 0.824. The number of carbonyl (C=O) groups excluding carboxylic acids is 1. The van der Waals surface area contributed by atoms with Crippen LogP contribution < -0.4 is 9.64 Å². The number of nitrogens with zero attached hydrogens (tertiary/aromatic N) is 1. The molecule has 0 saturated heterocycles. The predicted molar refractivity (Wildman–Crippen MR) is 82.4 cm³/mol. The number of anilines is 1. The van der Waals surface area contributed by atoms with E-state index in [9.17, 15) is 4.79 Å². The van der Waals surface area contributed by atoms with Crippen LogP contribution in [0.5, 0.6) is 5.75 Å². The first-order valence-corrected chi connectivity index (χ1v) is 7.35. The molecule has 0 saturated carbocycles. The summed E-state index contributed by atoms with van der Waals surface area (Å²) in [7, 11) is 0. The normalized spacial score (nSPS) is 14.2. The van der Waals surface area contributed by atoms with E-state index in [4.69, 9.17) is 4.74 Å². The molecule has 3 rings (SSSR count). The molecular formula is C16H14BrNO2. The van der Waals surface area contributed by atoms with Crippen LogP contribution in [0.1, 0.15) is 16.8 Å². The number of rotatable bonds is 1. The molecule has 0 N–H and O–H groups in total. The molecule has 0 bridgehead atoms. The number of amides is 1. The lowest BCUT2D eigenvalue weighted by Crippen LogP contribution is -2.31. The summed E-state index contributed by atoms with van der Waals surface area (Å²) in [6, 6.07) is 15.2. The molecule has 1 aliphatic heterocycles. The van der Waals surface area contributed by atoms with Gasteiger partial charge in [-0.1, -0.05) is 24.3 Å². The number of para-hydroxylation sites is 2. The van der Waals surface area contributed by atoms with Crippen LogP contribution in [0.2, 0.25) is 0 Å². The third-order valence-corrected chi connectivity index (χ3v) is 3.98. The third-order valence-electron chi connectivity index (χ3n) is 3.29. The van der Waals surface area contributed by atoms with E-state index in [1.807, 2.05) is 48.5 Å². The number of carbonyl (C=O) groups is 1. The number of hydrogen-bond acceptors (Lipinski definition) is 2. The Kier molecular flexibility index (Phi) is 3.74. The summed E-state index contributed by atoms with van der Waals surface area (Å²) in [5.41, 5.74) is 1.51. The van der Waals surface area contributed by atoms with Gasteiger partial charge in [0, 0.05) is 11.0 Å². The lowest BCUT2D eigenvalue weighted by Gasteiger charge is -2.22. The van der Waals surface area contributed by atoms with Crippen molar-refractivity contribution in [1.82, 2.24) is 0 Å². The largest absolute Gasteiger partial charge is 0.491 e. The van der Waals surface area contributed by atoms with Crippen molar-refractivity contribution >= 4 is 27.5 Å². The average Bonchev–Trinajstić information content (AvgIpc) is 2.69. The van der Waals surface area contributed by atoms with E-state index < -0.39 is 0 Å². The second-order valence-electron chi connectivity index (χ2n) is 4.61. The minimum absolute atomic E-state index is 0.00424. The highest BCUT2D eigenvalue weighted by atomic mass is 79.9. The van der Waals surface area contributed by atoms with Crippen LogP contribution in [0.3, 0.4) is 0 Å². The number of fused-ring (bicyclic) bond motifs is 1. The van der Waals surface area contributed by atoms with Crippen molar-refractivity contribution in [3.8, 4) is 5.75 Å². The second kappa shape index (κ2) is 5.67. The van der Waals surface area contributed by atoms with Crippen molar-refractivity contribution in [2.24, 2.45) is 0 Å². The zero-order valence-electron chi connectivity index (χ0n) is 10.9. The Bertz CT molecular complexity index is 642. The Morgan fingerprint density at radius 1 is 1.10 bits per heavy atom. The highest BCUT2D eigenvalue weighted by Crippen LogP contribution is 2.32. The molecule has 0 spiro atoms. The zero-order chi connectivity index (χ0) is 13.9. The molecule has 0 aliphatic carbocycles. The predicted octanol–water partition coefficient (Wildman–Crippen LogP) is 3.88. The fourth-order valence-corrected chi connectivity index (χ4v) is 2.77. The molecule has 0 unspecified atom stereocenters. The van der Waals surface area contributed by atoms with Gasteiger partial charge in [0.15, 0.2) is 0 Å². The Balaban J connectivity index is 2.02. The molecule has 3 nitrogen and oxygen atoms in total. The van der Waals surface area contributed by atoms with Crippen LogP contribution in [0.25, 0.3) is 0 Å². The van der Waals surface area contributed by atoms with Crippen molar-refractivity contribution in [2.75, 3.05) is 18.1 Å². The van der Waals surface area contributed by atoms with Gasteiger partial charge in [-0.15, -0.1) is 0 Å². The number of halogens is 1. The van der Waals surface area contributed by atoms with E-state index in [2.05, 4.69) is 15.9 Å². The molecule has 2 aromatic carbocycles. The standard InChI is InChI=1S/C16H14BrNO2/c17-13-7-2-1-6-12(13)16(19)18-10-5-11-20-15-9-4-3-8-14(15)18/h1-4,6-9H,5,10-11H2. The molecule has 20 heavy (non-hydrogen) atoms. The molecule has 0 radical (unpaired) electrons. The van der Waals surface area contributed by atoms with E-state index in [1.54, 1.807) is 4.90 Å². The smallest absolute Gasteiger partial charge is 0.259 e. The molecule has 1 amide bonds. The third kappa shape index (κ3) is 2.43. The van der Waals surface area contributed by atoms with Crippen LogP contribution in [0, 0.1) is 0 Å². The molecule has 0 aromatic heterocycles. The number of ether oxygens (including phenoxy) is 1. The van der Waals surface area contributed by atoms with Crippen molar-refractivity contribution < 1.29 is 9.53 Å². The van der Waals surface area contributed by atoms with Gasteiger partial charge in [-0.2, -0.15) is 0 Å². The van der Waals surface area contributed by atoms with Crippen LogP contribution in [-0.4, -0.2) is 19.1 Å². The molecule has 0 atom stereocenters. The van der Waals surface area contributed by atoms with Gasteiger partial charge < -0.3 is 9.64 Å². The molecule has 1 heterocycles. The Labute approximate surface area is 126 Å². The summed E-state index contributed by atoms with van der Waals surface area (Å²) in [5, 5.41) is 0. The Morgan fingerprint density at radius 2 is 1.85 bits per heavy atom. The maximum absolute atomic E-state index is 12.8. The van der Waals surface area contributed by atoms with E-state index in [1.165, 1.54) is 0 Å². The summed E-state index contributed by atoms with van der Waals surface area (Å²) >= 11 is 3.44. The summed E-state index contributed by atoms with van der Waals surface area (Å²) in [4.78, 5) is 14.6. The summed E-state index contributed by atoms with van der Waals surface area (Å²) < 4.78 is 6.50. The van der Waals surface area contributed by atoms with Crippen LogP contribution in [0.4, 0.5) is 5.69 Å². The first-order chi connectivity index (χ1) is 9.77. The lowest BCUT2D eigenvalue weighted by molar-refractivity contribution is 0.0986. The monoisotopic (exact) mass is 331 g/mol. The Hall–Kier alpha value is -1.81. The van der Waals surface area contributed by atoms with Gasteiger partial charge >= 0.3 is 0 Å². The van der Waals surface area contributed by atoms with Crippen molar-refractivity contribution in [3.63, 3.8) is 0 Å². The van der Waals surface area contributed by atoms with Crippen LogP contribution in [0.15, 0.2) is 53.0 Å². The highest BCUT2D eigenvalue weighted by Gasteiger charge is 2.24. The van der Waals surface area contributed by atoms with Crippen molar-refractivity contribution in [3.05, 3.63) is 58.6 Å². The maximum atomic E-state index is 12.8. The van der Waals surface area contributed by atoms with Gasteiger partial charge in [0.25, 0.3) is 5.91 Å². The zero-order valence-corrected chi connectivity index (χ0v) is 12.5. The van der Waals surface area contributed by atoms with E-state index >= 15 is 0 Å². The maximum Gasteiger partial charge on any atom is 0.259 e. The molecule has 2 aromatic rings. The van der Waals surface area contributed by atoms with Gasteiger partial charge in [0.05, 0.1) is 17.9 Å². The summed E-state index contributed by atoms with van der Waals surface area (Å²) in [5.74, 6) is 0.765. The van der Waals surface area contributed by atoms with Gasteiger partial charge in [0.2, 0.25) is 0 Å². The molecule has 102 valence electrons. The van der Waals surface area contributed by atoms with E-state index in [0.717, 1.165) is 22.3 Å².